The van der Waals surface area contributed by atoms with Crippen LogP contribution in [0.5, 0.6) is 0 Å². The van der Waals surface area contributed by atoms with Gasteiger partial charge < -0.3 is 4.57 Å². The summed E-state index contributed by atoms with van der Waals surface area (Å²) in [6.45, 7) is 0. The molecule has 1 aromatic heterocycles. The Bertz CT molecular complexity index is 1400. The summed E-state index contributed by atoms with van der Waals surface area (Å²) in [6, 6.07) is 16.7. The molecule has 4 aromatic rings. The van der Waals surface area contributed by atoms with Crippen molar-refractivity contribution in [2.24, 2.45) is 7.05 Å². The van der Waals surface area contributed by atoms with Crippen molar-refractivity contribution >= 4 is 32.5 Å². The molecule has 0 aliphatic carbocycles. The molecule has 158 valence electrons. The van der Waals surface area contributed by atoms with Crippen molar-refractivity contribution in [3.63, 3.8) is 0 Å². The molecule has 7 nitrogen and oxygen atoms in total. The van der Waals surface area contributed by atoms with E-state index in [0.717, 1.165) is 22.0 Å². The van der Waals surface area contributed by atoms with Crippen molar-refractivity contribution in [3.05, 3.63) is 84.3 Å². The molecule has 0 aliphatic heterocycles. The van der Waals surface area contributed by atoms with E-state index < -0.39 is 15.9 Å². The molecular formula is C22H18FN3O4S. The summed E-state index contributed by atoms with van der Waals surface area (Å²) in [4.78, 5) is 11.6. The third-order valence-electron chi connectivity index (χ3n) is 4.92. The van der Waals surface area contributed by atoms with Gasteiger partial charge in [-0.15, -0.1) is 0 Å². The van der Waals surface area contributed by atoms with Gasteiger partial charge in [0.25, 0.3) is 15.9 Å². The van der Waals surface area contributed by atoms with Crippen LogP contribution in [0.3, 0.4) is 0 Å². The molecule has 0 fully saturated rings. The third-order valence-corrected chi connectivity index (χ3v) is 6.36. The van der Waals surface area contributed by atoms with Crippen molar-refractivity contribution in [1.29, 1.82) is 0 Å². The topological polar surface area (TPSA) is 100 Å². The van der Waals surface area contributed by atoms with Gasteiger partial charge in [-0.1, -0.05) is 24.3 Å². The number of hydrogen-bond acceptors (Lipinski definition) is 4. The Hall–Kier alpha value is -3.69. The molecule has 0 unspecified atom stereocenters. The van der Waals surface area contributed by atoms with E-state index in [1.807, 2.05) is 17.8 Å². The van der Waals surface area contributed by atoms with E-state index in [4.69, 9.17) is 5.21 Å². The largest absolute Gasteiger partial charge is 0.350 e. The SMILES string of the molecule is Cn1cc(-c2ccc(F)cc2)c2cc(NS(=O)(=O)c3ccccc3C(=O)NO)ccc21. The predicted octanol–water partition coefficient (Wildman–Crippen LogP) is 3.90. The Labute approximate surface area is 177 Å². The van der Waals surface area contributed by atoms with E-state index in [1.165, 1.54) is 41.9 Å². The lowest BCUT2D eigenvalue weighted by atomic mass is 10.0. The van der Waals surface area contributed by atoms with Gasteiger partial charge in [0.2, 0.25) is 0 Å². The van der Waals surface area contributed by atoms with Crippen LogP contribution in [0.25, 0.3) is 22.0 Å². The van der Waals surface area contributed by atoms with Crippen molar-refractivity contribution in [3.8, 4) is 11.1 Å². The first-order valence-electron chi connectivity index (χ1n) is 9.21. The number of sulfonamides is 1. The first-order valence-corrected chi connectivity index (χ1v) is 10.7. The van der Waals surface area contributed by atoms with Crippen LogP contribution < -0.4 is 10.2 Å². The van der Waals surface area contributed by atoms with Gasteiger partial charge in [-0.2, -0.15) is 0 Å². The van der Waals surface area contributed by atoms with Gasteiger partial charge in [-0.05, 0) is 48.0 Å². The summed E-state index contributed by atoms with van der Waals surface area (Å²) < 4.78 is 43.6. The van der Waals surface area contributed by atoms with Crippen LogP contribution >= 0.6 is 0 Å². The normalized spacial score (nSPS) is 11.5. The minimum Gasteiger partial charge on any atom is -0.350 e. The summed E-state index contributed by atoms with van der Waals surface area (Å²) >= 11 is 0. The van der Waals surface area contributed by atoms with Crippen molar-refractivity contribution in [1.82, 2.24) is 10.0 Å². The van der Waals surface area contributed by atoms with Crippen LogP contribution in [0, 0.1) is 5.82 Å². The number of nitrogens with one attached hydrogen (secondary N) is 2. The molecule has 0 atom stereocenters. The monoisotopic (exact) mass is 439 g/mol. The van der Waals surface area contributed by atoms with Crippen LogP contribution in [0.4, 0.5) is 10.1 Å². The summed E-state index contributed by atoms with van der Waals surface area (Å²) in [5.74, 6) is -1.28. The lowest BCUT2D eigenvalue weighted by Gasteiger charge is -2.12. The van der Waals surface area contributed by atoms with Crippen LogP contribution in [0.1, 0.15) is 10.4 Å². The van der Waals surface area contributed by atoms with Crippen molar-refractivity contribution in [2.45, 2.75) is 4.90 Å². The van der Waals surface area contributed by atoms with Gasteiger partial charge in [-0.25, -0.2) is 18.3 Å². The molecule has 3 N–H and O–H groups in total. The minimum absolute atomic E-state index is 0.190. The maximum absolute atomic E-state index is 13.3. The van der Waals surface area contributed by atoms with Crippen LogP contribution in [-0.4, -0.2) is 24.1 Å². The number of aromatic nitrogens is 1. The lowest BCUT2D eigenvalue weighted by molar-refractivity contribution is 0.0702. The Balaban J connectivity index is 1.77. The number of benzene rings is 3. The molecule has 0 spiro atoms. The van der Waals surface area contributed by atoms with E-state index in [-0.39, 0.29) is 16.3 Å². The maximum Gasteiger partial charge on any atom is 0.276 e. The zero-order chi connectivity index (χ0) is 22.2. The second-order valence-electron chi connectivity index (χ2n) is 6.94. The molecule has 0 saturated carbocycles. The Kier molecular flexibility index (Phi) is 5.22. The molecule has 31 heavy (non-hydrogen) atoms. The maximum atomic E-state index is 13.3. The standard InChI is InChI=1S/C22H18FN3O4S/c1-26-13-19(14-6-8-15(23)9-7-14)18-12-16(10-11-20(18)26)25-31(29,30)21-5-3-2-4-17(21)22(27)24-28/h2-13,25,28H,1H3,(H,24,27). The van der Waals surface area contributed by atoms with E-state index in [0.29, 0.717) is 5.69 Å². The summed E-state index contributed by atoms with van der Waals surface area (Å²) in [6.07, 6.45) is 1.89. The number of aryl methyl sites for hydroxylation is 1. The van der Waals surface area contributed by atoms with Crippen LogP contribution in [0.2, 0.25) is 0 Å². The highest BCUT2D eigenvalue weighted by Gasteiger charge is 2.22. The number of fused-ring (bicyclic) bond motifs is 1. The fourth-order valence-electron chi connectivity index (χ4n) is 3.47. The van der Waals surface area contributed by atoms with Crippen molar-refractivity contribution < 1.29 is 22.8 Å². The fraction of sp³-hybridized carbons (Fsp3) is 0.0455. The van der Waals surface area contributed by atoms with Gasteiger partial charge in [0.05, 0.1) is 5.56 Å². The van der Waals surface area contributed by atoms with Crippen molar-refractivity contribution in [2.75, 3.05) is 4.72 Å². The average molecular weight is 439 g/mol. The van der Waals surface area contributed by atoms with Gasteiger partial charge in [0.15, 0.2) is 0 Å². The molecule has 1 amide bonds. The van der Waals surface area contributed by atoms with E-state index >= 15 is 0 Å². The third kappa shape index (κ3) is 3.88. The highest BCUT2D eigenvalue weighted by molar-refractivity contribution is 7.92. The summed E-state index contributed by atoms with van der Waals surface area (Å²) in [7, 11) is -2.26. The molecule has 0 radical (unpaired) electrons. The first kappa shape index (κ1) is 20.6. The summed E-state index contributed by atoms with van der Waals surface area (Å²) in [5.41, 5.74) is 4.03. The van der Waals surface area contributed by atoms with E-state index in [9.17, 15) is 17.6 Å². The second-order valence-corrected chi connectivity index (χ2v) is 8.59. The number of hydroxylamine groups is 1. The van der Waals surface area contributed by atoms with E-state index in [1.54, 1.807) is 30.3 Å². The quantitative estimate of drug-likeness (QED) is 0.324. The number of amides is 1. The minimum atomic E-state index is -4.12. The van der Waals surface area contributed by atoms with E-state index in [2.05, 4.69) is 4.72 Å². The Morgan fingerprint density at radius 3 is 2.45 bits per heavy atom. The zero-order valence-corrected chi connectivity index (χ0v) is 17.2. The van der Waals surface area contributed by atoms with Gasteiger partial charge in [0, 0.05) is 35.4 Å². The predicted molar refractivity (Wildman–Crippen MR) is 115 cm³/mol. The van der Waals surface area contributed by atoms with Gasteiger partial charge in [-0.3, -0.25) is 14.7 Å². The Morgan fingerprint density at radius 1 is 1.03 bits per heavy atom. The molecular weight excluding hydrogens is 421 g/mol. The molecule has 9 heteroatoms. The first-order chi connectivity index (χ1) is 14.8. The number of nitrogens with zero attached hydrogens (tertiary/aromatic N) is 1. The number of hydrogen-bond donors (Lipinski definition) is 3. The smallest absolute Gasteiger partial charge is 0.276 e. The highest BCUT2D eigenvalue weighted by Crippen LogP contribution is 2.33. The molecule has 4 rings (SSSR count). The molecule has 3 aromatic carbocycles. The molecule has 1 heterocycles. The average Bonchev–Trinajstić information content (AvgIpc) is 3.09. The lowest BCUT2D eigenvalue weighted by Crippen LogP contribution is -2.23. The number of rotatable bonds is 5. The molecule has 0 saturated heterocycles. The van der Waals surface area contributed by atoms with Gasteiger partial charge in [0.1, 0.15) is 10.7 Å². The van der Waals surface area contributed by atoms with Gasteiger partial charge >= 0.3 is 0 Å². The number of halogens is 1. The zero-order valence-electron chi connectivity index (χ0n) is 16.3. The number of carbonyl (C=O) groups is 1. The number of carbonyl (C=O) groups excluding carboxylic acids is 1. The highest BCUT2D eigenvalue weighted by atomic mass is 32.2. The number of anilines is 1. The summed E-state index contributed by atoms with van der Waals surface area (Å²) in [5, 5.41) is 9.68. The van der Waals surface area contributed by atoms with Crippen LogP contribution in [0.15, 0.2) is 77.8 Å². The fourth-order valence-corrected chi connectivity index (χ4v) is 4.73. The van der Waals surface area contributed by atoms with Crippen LogP contribution in [-0.2, 0) is 17.1 Å². The molecule has 0 bridgehead atoms. The second kappa shape index (κ2) is 7.86. The Morgan fingerprint density at radius 2 is 1.74 bits per heavy atom. The molecule has 0 aliphatic rings.